The van der Waals surface area contributed by atoms with Gasteiger partial charge >= 0.3 is 5.97 Å². The number of aryl methyl sites for hydroxylation is 1. The van der Waals surface area contributed by atoms with Gasteiger partial charge < -0.3 is 4.74 Å². The molecule has 0 spiro atoms. The third-order valence-corrected chi connectivity index (χ3v) is 4.46. The molecule has 0 saturated carbocycles. The van der Waals surface area contributed by atoms with E-state index in [4.69, 9.17) is 4.74 Å². The van der Waals surface area contributed by atoms with E-state index in [1.165, 1.54) is 6.07 Å². The Bertz CT molecular complexity index is 758. The molecule has 5 nitrogen and oxygen atoms in total. The second-order valence-corrected chi connectivity index (χ2v) is 6.70. The highest BCUT2D eigenvalue weighted by Gasteiger charge is 2.16. The van der Waals surface area contributed by atoms with E-state index in [0.717, 1.165) is 22.9 Å². The van der Waals surface area contributed by atoms with Crippen LogP contribution in [0, 0.1) is 17.0 Å². The number of nitro benzene ring substituents is 1. The Morgan fingerprint density at radius 3 is 2.62 bits per heavy atom. The Hall–Kier alpha value is -2.34. The standard InChI is InChI=1S/C18H19NO4S/c1-12(2)14-9-8-13(3)10-16(14)23-18(20)11-24-17-7-5-4-6-15(17)19(21)22/h4-10,12H,11H2,1-3H3. The molecule has 0 aromatic heterocycles. The molecule has 2 rings (SSSR count). The molecule has 0 aliphatic rings. The second kappa shape index (κ2) is 7.97. The maximum absolute atomic E-state index is 12.1. The number of carbonyl (C=O) groups excluding carboxylic acids is 1. The number of ether oxygens (including phenoxy) is 1. The second-order valence-electron chi connectivity index (χ2n) is 5.68. The number of carbonyl (C=O) groups is 1. The number of rotatable bonds is 6. The van der Waals surface area contributed by atoms with E-state index >= 15 is 0 Å². The summed E-state index contributed by atoms with van der Waals surface area (Å²) in [4.78, 5) is 23.1. The van der Waals surface area contributed by atoms with Gasteiger partial charge in [0, 0.05) is 6.07 Å². The lowest BCUT2D eigenvalue weighted by Gasteiger charge is -2.13. The van der Waals surface area contributed by atoms with E-state index in [2.05, 4.69) is 0 Å². The molecule has 0 aliphatic carbocycles. The van der Waals surface area contributed by atoms with Crippen molar-refractivity contribution in [2.75, 3.05) is 5.75 Å². The maximum atomic E-state index is 12.1. The molecule has 0 bridgehead atoms. The predicted octanol–water partition coefficient (Wildman–Crippen LogP) is 4.72. The van der Waals surface area contributed by atoms with Crippen molar-refractivity contribution < 1.29 is 14.5 Å². The minimum absolute atomic E-state index is 0.00581. The van der Waals surface area contributed by atoms with Gasteiger partial charge in [-0.1, -0.05) is 38.1 Å². The molecular weight excluding hydrogens is 326 g/mol. The summed E-state index contributed by atoms with van der Waals surface area (Å²) in [6.07, 6.45) is 0. The Labute approximate surface area is 145 Å². The van der Waals surface area contributed by atoms with Crippen LogP contribution in [-0.4, -0.2) is 16.6 Å². The quantitative estimate of drug-likeness (QED) is 0.249. The van der Waals surface area contributed by atoms with Gasteiger partial charge in [0.25, 0.3) is 5.69 Å². The van der Waals surface area contributed by atoms with Gasteiger partial charge in [0.05, 0.1) is 15.6 Å². The van der Waals surface area contributed by atoms with Crippen LogP contribution < -0.4 is 4.74 Å². The largest absolute Gasteiger partial charge is 0.426 e. The van der Waals surface area contributed by atoms with Crippen molar-refractivity contribution in [3.05, 3.63) is 63.7 Å². The van der Waals surface area contributed by atoms with Gasteiger partial charge in [-0.15, -0.1) is 11.8 Å². The third-order valence-electron chi connectivity index (χ3n) is 3.42. The maximum Gasteiger partial charge on any atom is 0.321 e. The Morgan fingerprint density at radius 1 is 1.25 bits per heavy atom. The fourth-order valence-electron chi connectivity index (χ4n) is 2.23. The molecule has 0 radical (unpaired) electrons. The lowest BCUT2D eigenvalue weighted by atomic mass is 10.0. The number of esters is 1. The zero-order chi connectivity index (χ0) is 17.7. The van der Waals surface area contributed by atoms with Crippen LogP contribution in [-0.2, 0) is 4.79 Å². The first kappa shape index (κ1) is 18.0. The summed E-state index contributed by atoms with van der Waals surface area (Å²) in [5.41, 5.74) is 1.96. The summed E-state index contributed by atoms with van der Waals surface area (Å²) >= 11 is 1.10. The molecule has 0 saturated heterocycles. The topological polar surface area (TPSA) is 69.4 Å². The molecule has 0 heterocycles. The Kier molecular flexibility index (Phi) is 5.98. The monoisotopic (exact) mass is 345 g/mol. The van der Waals surface area contributed by atoms with Crippen molar-refractivity contribution in [3.8, 4) is 5.75 Å². The highest BCUT2D eigenvalue weighted by Crippen LogP contribution is 2.30. The fourth-order valence-corrected chi connectivity index (χ4v) is 3.02. The van der Waals surface area contributed by atoms with Crippen LogP contribution in [0.25, 0.3) is 0 Å². The van der Waals surface area contributed by atoms with Gasteiger partial charge in [-0.25, -0.2) is 0 Å². The number of thioether (sulfide) groups is 1. The van der Waals surface area contributed by atoms with Crippen molar-refractivity contribution >= 4 is 23.4 Å². The van der Waals surface area contributed by atoms with E-state index in [0.29, 0.717) is 10.6 Å². The third kappa shape index (κ3) is 4.58. The zero-order valence-corrected chi connectivity index (χ0v) is 14.6. The molecule has 2 aromatic rings. The molecule has 0 aliphatic heterocycles. The molecule has 24 heavy (non-hydrogen) atoms. The summed E-state index contributed by atoms with van der Waals surface area (Å²) in [6.45, 7) is 6.00. The predicted molar refractivity (Wildman–Crippen MR) is 94.7 cm³/mol. The zero-order valence-electron chi connectivity index (χ0n) is 13.8. The van der Waals surface area contributed by atoms with Crippen LogP contribution in [0.1, 0.15) is 30.9 Å². The normalized spacial score (nSPS) is 10.7. The summed E-state index contributed by atoms with van der Waals surface area (Å²) in [6, 6.07) is 12.1. The van der Waals surface area contributed by atoms with Crippen LogP contribution in [0.2, 0.25) is 0 Å². The lowest BCUT2D eigenvalue weighted by Crippen LogP contribution is -2.12. The van der Waals surface area contributed by atoms with Crippen molar-refractivity contribution in [2.24, 2.45) is 0 Å². The summed E-state index contributed by atoms with van der Waals surface area (Å²) in [7, 11) is 0. The minimum Gasteiger partial charge on any atom is -0.426 e. The van der Waals surface area contributed by atoms with E-state index in [-0.39, 0.29) is 17.4 Å². The first-order chi connectivity index (χ1) is 11.4. The van der Waals surface area contributed by atoms with Gasteiger partial charge in [0.2, 0.25) is 0 Å². The van der Waals surface area contributed by atoms with Crippen LogP contribution in [0.3, 0.4) is 0 Å². The summed E-state index contributed by atoms with van der Waals surface area (Å²) in [5, 5.41) is 11.0. The molecule has 2 aromatic carbocycles. The molecule has 0 unspecified atom stereocenters. The molecule has 0 N–H and O–H groups in total. The van der Waals surface area contributed by atoms with Crippen LogP contribution in [0.5, 0.6) is 5.75 Å². The number of benzene rings is 2. The fraction of sp³-hybridized carbons (Fsp3) is 0.278. The van der Waals surface area contributed by atoms with E-state index in [9.17, 15) is 14.9 Å². The van der Waals surface area contributed by atoms with E-state index in [1.54, 1.807) is 18.2 Å². The minimum atomic E-state index is -0.453. The van der Waals surface area contributed by atoms with Gasteiger partial charge in [0.15, 0.2) is 0 Å². The molecule has 0 amide bonds. The average molecular weight is 345 g/mol. The van der Waals surface area contributed by atoms with Crippen molar-refractivity contribution in [2.45, 2.75) is 31.6 Å². The Balaban J connectivity index is 2.07. The number of para-hydroxylation sites is 1. The number of nitro groups is 1. The van der Waals surface area contributed by atoms with Crippen LogP contribution in [0.15, 0.2) is 47.4 Å². The van der Waals surface area contributed by atoms with Gasteiger partial charge in [-0.2, -0.15) is 0 Å². The summed E-state index contributed by atoms with van der Waals surface area (Å²) in [5.74, 6) is 0.371. The van der Waals surface area contributed by atoms with Gasteiger partial charge in [-0.3, -0.25) is 14.9 Å². The highest BCUT2D eigenvalue weighted by atomic mass is 32.2. The average Bonchev–Trinajstić information content (AvgIpc) is 2.53. The van der Waals surface area contributed by atoms with Crippen molar-refractivity contribution in [1.29, 1.82) is 0 Å². The Morgan fingerprint density at radius 2 is 1.96 bits per heavy atom. The number of nitrogens with zero attached hydrogens (tertiary/aromatic N) is 1. The first-order valence-corrected chi connectivity index (χ1v) is 8.54. The lowest BCUT2D eigenvalue weighted by molar-refractivity contribution is -0.387. The van der Waals surface area contributed by atoms with Crippen molar-refractivity contribution in [1.82, 2.24) is 0 Å². The molecule has 0 fully saturated rings. The number of hydrogen-bond acceptors (Lipinski definition) is 5. The molecule has 6 heteroatoms. The molecule has 0 atom stereocenters. The molecular formula is C18H19NO4S. The molecule has 126 valence electrons. The van der Waals surface area contributed by atoms with Gasteiger partial charge in [0.1, 0.15) is 5.75 Å². The summed E-state index contributed by atoms with van der Waals surface area (Å²) < 4.78 is 5.48. The highest BCUT2D eigenvalue weighted by molar-refractivity contribution is 8.00. The van der Waals surface area contributed by atoms with Crippen LogP contribution >= 0.6 is 11.8 Å². The van der Waals surface area contributed by atoms with E-state index < -0.39 is 10.9 Å². The van der Waals surface area contributed by atoms with Crippen molar-refractivity contribution in [3.63, 3.8) is 0 Å². The van der Waals surface area contributed by atoms with Gasteiger partial charge in [-0.05, 0) is 36.1 Å². The smallest absolute Gasteiger partial charge is 0.321 e. The van der Waals surface area contributed by atoms with E-state index in [1.807, 2.05) is 39.0 Å². The number of hydrogen-bond donors (Lipinski definition) is 0. The first-order valence-electron chi connectivity index (χ1n) is 7.56. The van der Waals surface area contributed by atoms with Crippen LogP contribution in [0.4, 0.5) is 5.69 Å². The SMILES string of the molecule is Cc1ccc(C(C)C)c(OC(=O)CSc2ccccc2[N+](=O)[O-])c1.